The molecule has 0 bridgehead atoms. The highest BCUT2D eigenvalue weighted by atomic mass is 32.2. The van der Waals surface area contributed by atoms with Crippen LogP contribution in [0.3, 0.4) is 0 Å². The molecule has 2 amide bonds. The van der Waals surface area contributed by atoms with Crippen LogP contribution in [0.2, 0.25) is 0 Å². The lowest BCUT2D eigenvalue weighted by atomic mass is 10.3. The molecule has 134 valence electrons. The Balaban J connectivity index is 1.84. The zero-order chi connectivity index (χ0) is 18.4. The summed E-state index contributed by atoms with van der Waals surface area (Å²) in [6.07, 6.45) is -0.238. The van der Waals surface area contributed by atoms with E-state index in [4.69, 9.17) is 4.52 Å². The van der Waals surface area contributed by atoms with Crippen LogP contribution in [-0.4, -0.2) is 37.2 Å². The molecule has 25 heavy (non-hydrogen) atoms. The van der Waals surface area contributed by atoms with Gasteiger partial charge in [0, 0.05) is 12.5 Å². The molecule has 0 aliphatic rings. The molecule has 1 atom stereocenters. The SMILES string of the molecule is Cc1cc(NC(=O)[C@H](C)NC(=O)CCS(=O)(=O)c2ccccc2)no1. The second-order valence-corrected chi connectivity index (χ2v) is 7.59. The average Bonchev–Trinajstić information content (AvgIpc) is 2.98. The Morgan fingerprint density at radius 2 is 1.92 bits per heavy atom. The van der Waals surface area contributed by atoms with Crippen LogP contribution < -0.4 is 10.6 Å². The molecule has 0 fully saturated rings. The maximum atomic E-state index is 12.1. The van der Waals surface area contributed by atoms with Crippen LogP contribution in [0.15, 0.2) is 45.8 Å². The highest BCUT2D eigenvalue weighted by Crippen LogP contribution is 2.11. The summed E-state index contributed by atoms with van der Waals surface area (Å²) in [4.78, 5) is 24.0. The summed E-state index contributed by atoms with van der Waals surface area (Å²) in [6.45, 7) is 3.17. The molecule has 2 aromatic rings. The van der Waals surface area contributed by atoms with Crippen LogP contribution in [-0.2, 0) is 19.4 Å². The van der Waals surface area contributed by atoms with E-state index in [9.17, 15) is 18.0 Å². The number of carbonyl (C=O) groups excluding carboxylic acids is 2. The van der Waals surface area contributed by atoms with Gasteiger partial charge in [0.1, 0.15) is 11.8 Å². The summed E-state index contributed by atoms with van der Waals surface area (Å²) < 4.78 is 29.1. The number of aryl methyl sites for hydroxylation is 1. The van der Waals surface area contributed by atoms with Gasteiger partial charge in [0.05, 0.1) is 10.6 Å². The summed E-state index contributed by atoms with van der Waals surface area (Å²) >= 11 is 0. The number of hydrogen-bond acceptors (Lipinski definition) is 6. The molecule has 2 N–H and O–H groups in total. The number of amides is 2. The number of nitrogens with one attached hydrogen (secondary N) is 2. The van der Waals surface area contributed by atoms with Gasteiger partial charge in [-0.1, -0.05) is 23.4 Å². The van der Waals surface area contributed by atoms with Gasteiger partial charge in [-0.2, -0.15) is 0 Å². The van der Waals surface area contributed by atoms with E-state index in [1.807, 2.05) is 0 Å². The van der Waals surface area contributed by atoms with Gasteiger partial charge in [-0.3, -0.25) is 9.59 Å². The summed E-state index contributed by atoms with van der Waals surface area (Å²) in [5.74, 6) is -0.556. The summed E-state index contributed by atoms with van der Waals surface area (Å²) in [6, 6.07) is 8.59. The van der Waals surface area contributed by atoms with Crippen molar-refractivity contribution < 1.29 is 22.5 Å². The van der Waals surface area contributed by atoms with Crippen molar-refractivity contribution in [2.45, 2.75) is 31.2 Å². The Morgan fingerprint density at radius 1 is 1.24 bits per heavy atom. The van der Waals surface area contributed by atoms with Gasteiger partial charge in [-0.05, 0) is 26.0 Å². The molecule has 9 heteroatoms. The highest BCUT2D eigenvalue weighted by molar-refractivity contribution is 7.91. The Kier molecular flexibility index (Phi) is 5.92. The zero-order valence-electron chi connectivity index (χ0n) is 13.9. The molecular weight excluding hydrogens is 346 g/mol. The van der Waals surface area contributed by atoms with E-state index in [0.29, 0.717) is 5.76 Å². The molecule has 8 nitrogen and oxygen atoms in total. The van der Waals surface area contributed by atoms with Crippen molar-refractivity contribution in [3.63, 3.8) is 0 Å². The maximum absolute atomic E-state index is 12.1. The number of aromatic nitrogens is 1. The van der Waals surface area contributed by atoms with Crippen LogP contribution in [0.5, 0.6) is 0 Å². The van der Waals surface area contributed by atoms with Crippen LogP contribution in [0.1, 0.15) is 19.1 Å². The number of anilines is 1. The van der Waals surface area contributed by atoms with Gasteiger partial charge < -0.3 is 15.2 Å². The van der Waals surface area contributed by atoms with E-state index in [0.717, 1.165) is 0 Å². The molecule has 1 aromatic carbocycles. The normalized spacial score (nSPS) is 12.4. The molecule has 1 heterocycles. The third-order valence-corrected chi connectivity index (χ3v) is 5.08. The number of sulfone groups is 1. The minimum atomic E-state index is -3.54. The van der Waals surface area contributed by atoms with E-state index in [2.05, 4.69) is 15.8 Å². The van der Waals surface area contributed by atoms with E-state index >= 15 is 0 Å². The Morgan fingerprint density at radius 3 is 2.52 bits per heavy atom. The van der Waals surface area contributed by atoms with Crippen molar-refractivity contribution in [2.75, 3.05) is 11.1 Å². The summed E-state index contributed by atoms with van der Waals surface area (Å²) in [5, 5.41) is 8.57. The van der Waals surface area contributed by atoms with Crippen molar-refractivity contribution in [1.29, 1.82) is 0 Å². The number of carbonyl (C=O) groups is 2. The number of hydrogen-bond donors (Lipinski definition) is 2. The maximum Gasteiger partial charge on any atom is 0.247 e. The smallest absolute Gasteiger partial charge is 0.247 e. The molecular formula is C16H19N3O5S. The van der Waals surface area contributed by atoms with E-state index < -0.39 is 27.7 Å². The molecule has 2 rings (SSSR count). The van der Waals surface area contributed by atoms with Crippen LogP contribution in [0.25, 0.3) is 0 Å². The van der Waals surface area contributed by atoms with Gasteiger partial charge in [0.15, 0.2) is 15.7 Å². The molecule has 1 aromatic heterocycles. The van der Waals surface area contributed by atoms with Gasteiger partial charge >= 0.3 is 0 Å². The Bertz CT molecular complexity index is 846. The molecule has 0 radical (unpaired) electrons. The third kappa shape index (κ3) is 5.42. The fraction of sp³-hybridized carbons (Fsp3) is 0.312. The molecule has 0 aliphatic heterocycles. The van der Waals surface area contributed by atoms with Crippen molar-refractivity contribution >= 4 is 27.5 Å². The lowest BCUT2D eigenvalue weighted by Gasteiger charge is -2.13. The lowest BCUT2D eigenvalue weighted by Crippen LogP contribution is -2.42. The van der Waals surface area contributed by atoms with Gasteiger partial charge in [0.2, 0.25) is 11.8 Å². The first-order valence-corrected chi connectivity index (χ1v) is 9.24. The van der Waals surface area contributed by atoms with E-state index in [1.165, 1.54) is 19.1 Å². The second-order valence-electron chi connectivity index (χ2n) is 5.48. The van der Waals surface area contributed by atoms with Crippen molar-refractivity contribution in [3.8, 4) is 0 Å². The highest BCUT2D eigenvalue weighted by Gasteiger charge is 2.20. The zero-order valence-corrected chi connectivity index (χ0v) is 14.7. The summed E-state index contributed by atoms with van der Waals surface area (Å²) in [5.41, 5.74) is 0. The van der Waals surface area contributed by atoms with Gasteiger partial charge in [0.25, 0.3) is 0 Å². The van der Waals surface area contributed by atoms with E-state index in [1.54, 1.807) is 31.2 Å². The van der Waals surface area contributed by atoms with Crippen LogP contribution in [0, 0.1) is 6.92 Å². The fourth-order valence-electron chi connectivity index (χ4n) is 2.01. The first-order chi connectivity index (χ1) is 11.8. The van der Waals surface area contributed by atoms with Crippen LogP contribution in [0.4, 0.5) is 5.82 Å². The molecule has 0 unspecified atom stereocenters. The Hall–Kier alpha value is -2.68. The standard InChI is InChI=1S/C16H19N3O5S/c1-11-10-14(19-24-11)18-16(21)12(2)17-15(20)8-9-25(22,23)13-6-4-3-5-7-13/h3-7,10,12H,8-9H2,1-2H3,(H,17,20)(H,18,19,21)/t12-/m0/s1. The fourth-order valence-corrected chi connectivity index (χ4v) is 3.27. The minimum Gasteiger partial charge on any atom is -0.360 e. The van der Waals surface area contributed by atoms with Crippen molar-refractivity contribution in [2.24, 2.45) is 0 Å². The van der Waals surface area contributed by atoms with Gasteiger partial charge in [-0.15, -0.1) is 0 Å². The molecule has 0 saturated heterocycles. The van der Waals surface area contributed by atoms with Crippen molar-refractivity contribution in [1.82, 2.24) is 10.5 Å². The predicted molar refractivity (Wildman–Crippen MR) is 90.6 cm³/mol. The minimum absolute atomic E-state index is 0.162. The third-order valence-electron chi connectivity index (χ3n) is 3.35. The van der Waals surface area contributed by atoms with Gasteiger partial charge in [-0.25, -0.2) is 8.42 Å². The van der Waals surface area contributed by atoms with Crippen LogP contribution >= 0.6 is 0 Å². The second kappa shape index (κ2) is 7.93. The monoisotopic (exact) mass is 365 g/mol. The van der Waals surface area contributed by atoms with E-state index in [-0.39, 0.29) is 22.9 Å². The predicted octanol–water partition coefficient (Wildman–Crippen LogP) is 1.29. The number of nitrogens with zero attached hydrogens (tertiary/aromatic N) is 1. The number of rotatable bonds is 7. The average molecular weight is 365 g/mol. The quantitative estimate of drug-likeness (QED) is 0.763. The molecule has 0 spiro atoms. The topological polar surface area (TPSA) is 118 Å². The summed E-state index contributed by atoms with van der Waals surface area (Å²) in [7, 11) is -3.54. The number of benzene rings is 1. The first-order valence-electron chi connectivity index (χ1n) is 7.59. The Labute approximate surface area is 145 Å². The lowest BCUT2D eigenvalue weighted by molar-refractivity contribution is -0.125. The molecule has 0 saturated carbocycles. The van der Waals surface area contributed by atoms with Crippen molar-refractivity contribution in [3.05, 3.63) is 42.2 Å². The largest absolute Gasteiger partial charge is 0.360 e. The first kappa shape index (κ1) is 18.7. The molecule has 0 aliphatic carbocycles.